The molecule has 0 bridgehead atoms. The van der Waals surface area contributed by atoms with Crippen molar-refractivity contribution in [3.8, 4) is 16.8 Å². The van der Waals surface area contributed by atoms with Gasteiger partial charge in [0.05, 0.1) is 17.1 Å². The van der Waals surface area contributed by atoms with E-state index in [4.69, 9.17) is 4.74 Å². The molecule has 14 heteroatoms. The molecule has 0 saturated heterocycles. The maximum atomic E-state index is 15.8. The Bertz CT molecular complexity index is 2250. The van der Waals surface area contributed by atoms with Gasteiger partial charge in [-0.1, -0.05) is 61.9 Å². The normalized spacial score (nSPS) is 11.6. The number of unbranched alkanes of at least 4 members (excludes halogenated alkanes) is 1. The molecule has 0 radical (unpaired) electrons. The lowest BCUT2D eigenvalue weighted by Gasteiger charge is -2.20. The van der Waals surface area contributed by atoms with Gasteiger partial charge in [0.15, 0.2) is 0 Å². The largest absolute Gasteiger partial charge is 0.443 e. The number of anilines is 1. The zero-order chi connectivity index (χ0) is 36.9. The van der Waals surface area contributed by atoms with Gasteiger partial charge < -0.3 is 10.1 Å². The Morgan fingerprint density at radius 2 is 1.67 bits per heavy atom. The van der Waals surface area contributed by atoms with Gasteiger partial charge in [0.25, 0.3) is 15.9 Å². The number of rotatable bonds is 11. The van der Waals surface area contributed by atoms with Gasteiger partial charge in [-0.2, -0.15) is 4.68 Å². The van der Waals surface area contributed by atoms with E-state index in [-0.39, 0.29) is 34.0 Å². The van der Waals surface area contributed by atoms with E-state index >= 15 is 4.39 Å². The Morgan fingerprint density at radius 3 is 2.35 bits per heavy atom. The minimum absolute atomic E-state index is 0.157. The fraction of sp³-hybridized carbons (Fsp3) is 0.243. The molecule has 266 valence electrons. The van der Waals surface area contributed by atoms with Crippen molar-refractivity contribution < 1.29 is 27.1 Å². The summed E-state index contributed by atoms with van der Waals surface area (Å²) in [5.41, 5.74) is 0.373. The van der Waals surface area contributed by atoms with Gasteiger partial charge in [-0.3, -0.25) is 9.36 Å². The van der Waals surface area contributed by atoms with E-state index in [0.29, 0.717) is 33.7 Å². The van der Waals surface area contributed by atoms with Gasteiger partial charge >= 0.3 is 11.8 Å². The number of hydrogen-bond donors (Lipinski definition) is 2. The van der Waals surface area contributed by atoms with E-state index in [1.165, 1.54) is 39.6 Å². The van der Waals surface area contributed by atoms with Crippen LogP contribution in [0.4, 0.5) is 14.9 Å². The number of hydrogen-bond acceptors (Lipinski definition) is 7. The number of nitrogens with zero attached hydrogens (tertiary/aromatic N) is 3. The van der Waals surface area contributed by atoms with E-state index in [1.807, 2.05) is 17.7 Å². The fourth-order valence-corrected chi connectivity index (χ4v) is 6.75. The maximum absolute atomic E-state index is 15.8. The summed E-state index contributed by atoms with van der Waals surface area (Å²) in [6.45, 7) is 6.66. The number of ether oxygens (including phenoxy) is 1. The minimum Gasteiger partial charge on any atom is -0.443 e. The van der Waals surface area contributed by atoms with Crippen molar-refractivity contribution >= 4 is 43.6 Å². The molecule has 1 aromatic heterocycles. The van der Waals surface area contributed by atoms with E-state index in [1.54, 1.807) is 75.4 Å². The number of sulfonamides is 1. The van der Waals surface area contributed by atoms with Gasteiger partial charge in [-0.05, 0) is 91.1 Å². The van der Waals surface area contributed by atoms with Crippen LogP contribution in [-0.4, -0.2) is 40.4 Å². The molecule has 0 fully saturated rings. The lowest BCUT2D eigenvalue weighted by Crippen LogP contribution is -2.36. The van der Waals surface area contributed by atoms with Crippen LogP contribution in [0.3, 0.4) is 0 Å². The Kier molecular flexibility index (Phi) is 11.3. The first-order valence-electron chi connectivity index (χ1n) is 16.2. The summed E-state index contributed by atoms with van der Waals surface area (Å²) in [4.78, 5) is 39.0. The number of halogens is 2. The van der Waals surface area contributed by atoms with E-state index in [0.717, 1.165) is 12.8 Å². The Hall–Kier alpha value is -5.08. The number of amides is 2. The van der Waals surface area contributed by atoms with Crippen LogP contribution in [0.5, 0.6) is 0 Å². The predicted molar refractivity (Wildman–Crippen MR) is 196 cm³/mol. The van der Waals surface area contributed by atoms with Crippen LogP contribution < -0.4 is 15.7 Å². The Morgan fingerprint density at radius 1 is 0.961 bits per heavy atom. The van der Waals surface area contributed by atoms with Gasteiger partial charge in [-0.25, -0.2) is 27.1 Å². The second kappa shape index (κ2) is 15.4. The molecule has 4 aromatic carbocycles. The highest BCUT2D eigenvalue weighted by molar-refractivity contribution is 9.10. The van der Waals surface area contributed by atoms with Crippen LogP contribution >= 0.6 is 15.9 Å². The number of aryl methyl sites for hydroxylation is 1. The number of benzene rings is 4. The summed E-state index contributed by atoms with van der Waals surface area (Å²) in [6.07, 6.45) is 0.855. The monoisotopic (exact) mass is 777 g/mol. The van der Waals surface area contributed by atoms with Crippen LogP contribution in [-0.2, 0) is 27.7 Å². The summed E-state index contributed by atoms with van der Waals surface area (Å²) in [7, 11) is -4.39. The van der Waals surface area contributed by atoms with E-state index < -0.39 is 33.2 Å². The third kappa shape index (κ3) is 8.99. The van der Waals surface area contributed by atoms with Gasteiger partial charge in [0.2, 0.25) is 0 Å². The molecule has 0 aliphatic carbocycles. The number of carbonyl (C=O) groups excluding carboxylic acids is 2. The first-order valence-corrected chi connectivity index (χ1v) is 18.4. The average molecular weight is 779 g/mol. The summed E-state index contributed by atoms with van der Waals surface area (Å²) < 4.78 is 52.3. The number of para-hydroxylation sites is 1. The van der Waals surface area contributed by atoms with Gasteiger partial charge in [0.1, 0.15) is 17.2 Å². The van der Waals surface area contributed by atoms with Crippen molar-refractivity contribution in [1.29, 1.82) is 0 Å². The van der Waals surface area contributed by atoms with Crippen molar-refractivity contribution in [3.05, 3.63) is 129 Å². The number of carbonyl (C=O) groups is 2. The molecule has 0 atom stereocenters. The summed E-state index contributed by atoms with van der Waals surface area (Å²) in [6, 6.07) is 23.9. The van der Waals surface area contributed by atoms with Gasteiger partial charge in [-0.15, -0.1) is 5.10 Å². The van der Waals surface area contributed by atoms with Gasteiger partial charge in [0, 0.05) is 33.3 Å². The van der Waals surface area contributed by atoms with Crippen molar-refractivity contribution in [3.63, 3.8) is 0 Å². The Balaban J connectivity index is 1.46. The first-order chi connectivity index (χ1) is 24.2. The number of aromatic nitrogens is 3. The zero-order valence-electron chi connectivity index (χ0n) is 28.4. The summed E-state index contributed by atoms with van der Waals surface area (Å²) >= 11 is 3.48. The molecule has 51 heavy (non-hydrogen) atoms. The smallest absolute Gasteiger partial charge is 0.421 e. The first kappa shape index (κ1) is 37.2. The highest BCUT2D eigenvalue weighted by atomic mass is 79.9. The van der Waals surface area contributed by atoms with Crippen molar-refractivity contribution in [2.45, 2.75) is 64.0 Å². The maximum Gasteiger partial charge on any atom is 0.421 e. The third-order valence-corrected chi connectivity index (χ3v) is 9.69. The highest BCUT2D eigenvalue weighted by Gasteiger charge is 2.26. The van der Waals surface area contributed by atoms with Crippen LogP contribution in [0, 0.1) is 5.82 Å². The van der Waals surface area contributed by atoms with Crippen molar-refractivity contribution in [1.82, 2.24) is 19.1 Å². The fourth-order valence-electron chi connectivity index (χ4n) is 5.23. The number of nitrogens with one attached hydrogen (secondary N) is 2. The Labute approximate surface area is 303 Å². The molecule has 1 heterocycles. The lowest BCUT2D eigenvalue weighted by molar-refractivity contribution is 0.0570. The van der Waals surface area contributed by atoms with Crippen molar-refractivity contribution in [2.75, 3.05) is 5.32 Å². The molecule has 2 N–H and O–H groups in total. The molecule has 0 spiro atoms. The quantitative estimate of drug-likeness (QED) is 0.142. The predicted octanol–water partition coefficient (Wildman–Crippen LogP) is 7.46. The second-order valence-electron chi connectivity index (χ2n) is 12.7. The van der Waals surface area contributed by atoms with Crippen LogP contribution in [0.1, 0.15) is 62.3 Å². The molecule has 0 unspecified atom stereocenters. The van der Waals surface area contributed by atoms with E-state index in [9.17, 15) is 22.8 Å². The molecule has 5 aromatic rings. The molecule has 0 aliphatic rings. The van der Waals surface area contributed by atoms with Crippen molar-refractivity contribution in [2.24, 2.45) is 0 Å². The second-order valence-corrected chi connectivity index (χ2v) is 15.2. The standard InChI is InChI=1S/C37H37BrFN5O6S/c1-5-6-16-33-41-44(31-22-25(19-20-29(31)38)34(45)40-27-12-8-7-9-13-27)36(47)43(33)23-26-18-17-24(21-30(26)39)28-14-10-11-15-32(28)51(48,49)42-35(46)50-37(2,3)4/h7-15,17-22H,5-6,16,23H2,1-4H3,(H,40,45)(H,42,46). The molecule has 0 saturated carbocycles. The van der Waals surface area contributed by atoms with Crippen LogP contribution in [0.25, 0.3) is 16.8 Å². The molecular weight excluding hydrogens is 741 g/mol. The minimum atomic E-state index is -4.39. The van der Waals surface area contributed by atoms with Crippen LogP contribution in [0.15, 0.2) is 105 Å². The third-order valence-electron chi connectivity index (χ3n) is 7.65. The topological polar surface area (TPSA) is 141 Å². The molecule has 2 amide bonds. The summed E-state index contributed by atoms with van der Waals surface area (Å²) in [5, 5.41) is 7.44. The molecular formula is C37H37BrFN5O6S. The molecule has 0 aliphatic heterocycles. The lowest BCUT2D eigenvalue weighted by atomic mass is 10.0. The molecule has 5 rings (SSSR count). The highest BCUT2D eigenvalue weighted by Crippen LogP contribution is 2.29. The van der Waals surface area contributed by atoms with Crippen LogP contribution in [0.2, 0.25) is 0 Å². The van der Waals surface area contributed by atoms with E-state index in [2.05, 4.69) is 26.3 Å². The molecule has 11 nitrogen and oxygen atoms in total. The zero-order valence-corrected chi connectivity index (χ0v) is 30.8. The average Bonchev–Trinajstić information content (AvgIpc) is 3.38. The SMILES string of the molecule is CCCCc1nn(-c2cc(C(=O)Nc3ccccc3)ccc2Br)c(=O)n1Cc1ccc(-c2ccccc2S(=O)(=O)NC(=O)OC(C)(C)C)cc1F. The summed E-state index contributed by atoms with van der Waals surface area (Å²) in [5.74, 6) is -0.617.